The molecule has 1 amide bonds. The molecule has 93 heavy (non-hydrogen) atoms. The Morgan fingerprint density at radius 3 is 2.13 bits per heavy atom. The van der Waals surface area contributed by atoms with Crippen LogP contribution in [-0.2, 0) is 80.7 Å². The number of ether oxygens (including phenoxy) is 10. The Bertz CT molecular complexity index is 3810. The summed E-state index contributed by atoms with van der Waals surface area (Å²) in [7, 11) is 0. The smallest absolute Gasteiger partial charge is 0.341 e. The Morgan fingerprint density at radius 1 is 0.763 bits per heavy atom. The van der Waals surface area contributed by atoms with E-state index in [4.69, 9.17) is 47.4 Å². The number of fused-ring (bicyclic) bond motifs is 15. The highest BCUT2D eigenvalue weighted by atomic mass is 16.8. The van der Waals surface area contributed by atoms with Gasteiger partial charge in [-0.3, -0.25) is 28.7 Å². The minimum atomic E-state index is -2.17. The first-order valence-electron chi connectivity index (χ1n) is 32.4. The number of nitrogens with zero attached hydrogens (tertiary/aromatic N) is 3. The van der Waals surface area contributed by atoms with Crippen molar-refractivity contribution in [2.45, 2.75) is 200 Å². The predicted octanol–water partition coefficient (Wildman–Crippen LogP) is 6.31. The van der Waals surface area contributed by atoms with Crippen LogP contribution in [0.2, 0.25) is 0 Å². The van der Waals surface area contributed by atoms with Gasteiger partial charge in [-0.1, -0.05) is 57.0 Å². The lowest BCUT2D eigenvalue weighted by atomic mass is 9.40. The number of hydrogen-bond donors (Lipinski definition) is 4. The maximum atomic E-state index is 14.5. The van der Waals surface area contributed by atoms with Gasteiger partial charge in [-0.15, -0.1) is 5.10 Å². The van der Waals surface area contributed by atoms with E-state index in [0.29, 0.717) is 77.4 Å². The van der Waals surface area contributed by atoms with Crippen LogP contribution >= 0.6 is 0 Å². The number of carbonyl (C=O) groups is 7. The third kappa shape index (κ3) is 9.09. The van der Waals surface area contributed by atoms with Crippen molar-refractivity contribution in [2.24, 2.45) is 63.1 Å². The molecule has 4 aromatic rings. The number of unbranched alkanes of at least 4 members (excludes halogenated alkanes) is 3. The summed E-state index contributed by atoms with van der Waals surface area (Å²) in [5, 5.41) is 51.0. The lowest BCUT2D eigenvalue weighted by Gasteiger charge is -2.67. The number of hydrogen-bond acceptors (Lipinski definition) is 22. The van der Waals surface area contributed by atoms with Crippen LogP contribution in [0.4, 0.5) is 0 Å². The van der Waals surface area contributed by atoms with Crippen molar-refractivity contribution in [1.29, 1.82) is 0 Å². The average Bonchev–Trinajstić information content (AvgIpc) is 1.45. The predicted molar refractivity (Wildman–Crippen MR) is 320 cm³/mol. The van der Waals surface area contributed by atoms with Gasteiger partial charge in [0.05, 0.1) is 46.9 Å². The highest BCUT2D eigenvalue weighted by Crippen LogP contribution is 2.81. The quantitative estimate of drug-likeness (QED) is 0.0333. The fourth-order valence-corrected chi connectivity index (χ4v) is 19.2. The minimum absolute atomic E-state index is 0.0647. The molecule has 3 saturated heterocycles. The van der Waals surface area contributed by atoms with E-state index < -0.39 is 171 Å². The number of aryl methyl sites for hydroxylation is 1. The summed E-state index contributed by atoms with van der Waals surface area (Å²) in [5.74, 6) is -10.3. The van der Waals surface area contributed by atoms with Crippen molar-refractivity contribution in [2.75, 3.05) is 0 Å². The summed E-state index contributed by atoms with van der Waals surface area (Å²) in [6, 6.07) is 16.5. The molecular weight excluding hydrogens is 1200 g/mol. The normalized spacial score (nSPS) is 39.6. The molecule has 4 N–H and O–H groups in total. The number of esters is 6. The van der Waals surface area contributed by atoms with Crippen LogP contribution in [-0.4, -0.2) is 138 Å². The van der Waals surface area contributed by atoms with Crippen LogP contribution in [0.15, 0.2) is 66.9 Å². The topological polar surface area (TPSA) is 322 Å². The molecule has 3 unspecified atom stereocenters. The van der Waals surface area contributed by atoms with Crippen molar-refractivity contribution in [1.82, 2.24) is 20.3 Å². The van der Waals surface area contributed by atoms with Crippen LogP contribution in [0.3, 0.4) is 0 Å². The molecule has 1 aromatic heterocycles. The Balaban J connectivity index is 0.659. The Morgan fingerprint density at radius 2 is 1.43 bits per heavy atom. The standard InChI is InChI=1S/C69H80N4O20/c1-31-48-51(66(10)67(11,83)62(82)93-69(66)57(31)91-69)54(79)49-47-50(56(85-32(2)74)59(65(48,49)9)87-34(4)76)64(8)42(28-45-55(90-45)58(64)86-33(3)75)52(53(47)78)70-46(77)20-14-12-13-17-25-73-29-35(71-72-73)30-84-36-21-23-40-43(26-36)89-44-27-37(88-61(81)63(5,6)7)22-24-41(44)68(40)39-19-16-15-18-38(39)60(80)92-68/h15-16,18-19,21-24,26-27,29,31,42,45,47-59,78-79,83H,12-14,17,20,25,28,30H2,1-11H3,(H,70,77)/t31-,42+,45-,47?,48-,49+,50?,51-,52+,53+,54+,55-,56-,57+,58-,59-,64-,65+,66-,67+,68?,69-/m0/s1. The van der Waals surface area contributed by atoms with Gasteiger partial charge in [-0.05, 0) is 108 Å². The molecule has 10 aliphatic rings. The van der Waals surface area contributed by atoms with Gasteiger partial charge in [0.25, 0.3) is 0 Å². The average molecular weight is 1290 g/mol. The molecule has 5 aliphatic heterocycles. The fourth-order valence-electron chi connectivity index (χ4n) is 19.2. The summed E-state index contributed by atoms with van der Waals surface area (Å²) in [5.41, 5.74) is -5.73. The summed E-state index contributed by atoms with van der Waals surface area (Å²) < 4.78 is 64.1. The maximum absolute atomic E-state index is 14.5. The van der Waals surface area contributed by atoms with Gasteiger partial charge in [0.1, 0.15) is 65.8 Å². The van der Waals surface area contributed by atoms with Crippen LogP contribution in [0.5, 0.6) is 23.0 Å². The van der Waals surface area contributed by atoms with Crippen LogP contribution in [0.1, 0.15) is 147 Å². The Kier molecular flexibility index (Phi) is 14.5. The Labute approximate surface area is 536 Å². The molecule has 22 atom stereocenters. The first kappa shape index (κ1) is 62.9. The van der Waals surface area contributed by atoms with Crippen molar-refractivity contribution in [3.8, 4) is 23.0 Å². The summed E-state index contributed by atoms with van der Waals surface area (Å²) in [6.07, 6.45) is -3.40. The third-order valence-electron chi connectivity index (χ3n) is 23.3. The molecule has 0 radical (unpaired) electrons. The monoisotopic (exact) mass is 1280 g/mol. The van der Waals surface area contributed by atoms with E-state index in [0.717, 1.165) is 6.42 Å². The second-order valence-electron chi connectivity index (χ2n) is 29.4. The molecule has 496 valence electrons. The molecule has 5 saturated carbocycles. The van der Waals surface area contributed by atoms with Gasteiger partial charge < -0.3 is 68.0 Å². The van der Waals surface area contributed by atoms with Gasteiger partial charge in [-0.25, -0.2) is 9.59 Å². The summed E-state index contributed by atoms with van der Waals surface area (Å²) in [6.45, 7) is 18.3. The number of aromatic nitrogens is 3. The number of aliphatic hydroxyl groups excluding tert-OH is 2. The van der Waals surface area contributed by atoms with E-state index in [2.05, 4.69) is 15.6 Å². The molecule has 2 spiro atoms. The van der Waals surface area contributed by atoms with E-state index in [1.807, 2.05) is 32.9 Å². The minimum Gasteiger partial charge on any atom is -0.487 e. The second kappa shape index (κ2) is 21.5. The van der Waals surface area contributed by atoms with Crippen molar-refractivity contribution in [3.05, 3.63) is 94.8 Å². The molecule has 6 heterocycles. The SMILES string of the molecule is CC(=O)O[C@H]1C2C([C@@H](O)[C@H](NC(=O)CCCCCCn3cc(COc4ccc5c(c4)Oc4cc(OC(=O)C(C)(C)C)ccc4C54OC(=O)c5ccccc54)nn3)[C@H]3C[C@@H]4O[C@@H]4[C@H](OC(C)=O)[C@]23C)[C@@H]2[C@@H](O)[C@@H]3[C@H]([C@H](C)[C@H]4O[C@]45OC(=O)[C@@](C)(O)[C@]35C)[C@@]2(C)[C@H]1OC(C)=O. The third-order valence-corrected chi connectivity index (χ3v) is 23.3. The number of benzene rings is 3. The number of nitrogens with one attached hydrogen (secondary N) is 1. The van der Waals surface area contributed by atoms with E-state index in [1.165, 1.54) is 27.7 Å². The number of epoxide rings is 2. The molecule has 24 nitrogen and oxygen atoms in total. The Hall–Kier alpha value is -7.51. The van der Waals surface area contributed by atoms with Crippen molar-refractivity contribution < 1.29 is 96.2 Å². The van der Waals surface area contributed by atoms with Gasteiger partial charge in [0.2, 0.25) is 11.7 Å². The van der Waals surface area contributed by atoms with Crippen molar-refractivity contribution in [3.63, 3.8) is 0 Å². The molecule has 5 aliphatic carbocycles. The molecular formula is C69H80N4O20. The van der Waals surface area contributed by atoms with Gasteiger partial charge in [0, 0.05) is 91.1 Å². The van der Waals surface area contributed by atoms with Crippen LogP contribution in [0, 0.1) is 63.1 Å². The maximum Gasteiger partial charge on any atom is 0.341 e. The first-order valence-corrected chi connectivity index (χ1v) is 32.4. The summed E-state index contributed by atoms with van der Waals surface area (Å²) >= 11 is 0. The van der Waals surface area contributed by atoms with Gasteiger partial charge in [-0.2, -0.15) is 0 Å². The lowest BCUT2D eigenvalue weighted by Crippen LogP contribution is -2.77. The zero-order valence-electron chi connectivity index (χ0n) is 53.9. The molecule has 24 heteroatoms. The van der Waals surface area contributed by atoms with Crippen LogP contribution in [0.25, 0.3) is 0 Å². The molecule has 0 bridgehead atoms. The lowest BCUT2D eigenvalue weighted by molar-refractivity contribution is -0.286. The molecule has 3 aromatic carbocycles. The molecule has 14 rings (SSSR count). The van der Waals surface area contributed by atoms with Gasteiger partial charge >= 0.3 is 35.8 Å². The van der Waals surface area contributed by atoms with Gasteiger partial charge in [0.15, 0.2) is 11.2 Å². The highest BCUT2D eigenvalue weighted by Gasteiger charge is 2.93. The summed E-state index contributed by atoms with van der Waals surface area (Å²) in [4.78, 5) is 94.9. The fraction of sp³-hybridized carbons (Fsp3) is 0.609. The number of aliphatic hydroxyl groups is 3. The number of carbonyl (C=O) groups excluding carboxylic acids is 7. The van der Waals surface area contributed by atoms with Crippen LogP contribution < -0.4 is 19.5 Å². The zero-order valence-corrected chi connectivity index (χ0v) is 53.9. The largest absolute Gasteiger partial charge is 0.487 e. The zero-order chi connectivity index (χ0) is 66.2. The molecule has 8 fully saturated rings. The van der Waals surface area contributed by atoms with E-state index >= 15 is 0 Å². The van der Waals surface area contributed by atoms with E-state index in [-0.39, 0.29) is 24.7 Å². The highest BCUT2D eigenvalue weighted by molar-refractivity contribution is 5.97. The second-order valence-corrected chi connectivity index (χ2v) is 29.4. The van der Waals surface area contributed by atoms with Crippen molar-refractivity contribution >= 4 is 41.7 Å². The van der Waals surface area contributed by atoms with E-state index in [1.54, 1.807) is 87.1 Å². The number of rotatable bonds is 15. The number of amides is 1. The first-order chi connectivity index (χ1) is 43.9. The van der Waals surface area contributed by atoms with E-state index in [9.17, 15) is 48.9 Å².